The van der Waals surface area contributed by atoms with E-state index in [0.717, 1.165) is 16.8 Å². The Labute approximate surface area is 175 Å². The van der Waals surface area contributed by atoms with Crippen molar-refractivity contribution in [3.8, 4) is 0 Å². The molecule has 0 aliphatic carbocycles. The Hall–Kier alpha value is -3.35. The molecule has 8 heteroatoms. The molecular weight excluding hydrogens is 411 g/mol. The zero-order valence-corrected chi connectivity index (χ0v) is 16.4. The molecule has 0 bridgehead atoms. The minimum Gasteiger partial charge on any atom is -0.355 e. The first-order valence-electron chi connectivity index (χ1n) is 8.61. The number of hydrogen-bond acceptors (Lipinski definition) is 4. The third kappa shape index (κ3) is 4.23. The van der Waals surface area contributed by atoms with Crippen LogP contribution < -0.4 is 16.2 Å². The summed E-state index contributed by atoms with van der Waals surface area (Å²) < 4.78 is 0. The lowest BCUT2D eigenvalue weighted by molar-refractivity contribution is 0.102. The van der Waals surface area contributed by atoms with Crippen molar-refractivity contribution in [2.75, 3.05) is 10.6 Å². The summed E-state index contributed by atoms with van der Waals surface area (Å²) in [5, 5.41) is 7.63. The summed E-state index contributed by atoms with van der Waals surface area (Å²) in [6, 6.07) is 16.9. The van der Waals surface area contributed by atoms with Gasteiger partial charge in [-0.2, -0.15) is 0 Å². The molecule has 144 valence electrons. The second-order valence-corrected chi connectivity index (χ2v) is 7.04. The van der Waals surface area contributed by atoms with Gasteiger partial charge in [-0.15, -0.1) is 0 Å². The van der Waals surface area contributed by atoms with Gasteiger partial charge in [0.1, 0.15) is 5.65 Å². The maximum Gasteiger partial charge on any atom is 0.255 e. The van der Waals surface area contributed by atoms with Crippen LogP contribution in [-0.4, -0.2) is 15.9 Å². The van der Waals surface area contributed by atoms with Crippen molar-refractivity contribution < 1.29 is 4.79 Å². The SMILES string of the molecule is O=C(Nc1ccc(Cl)c(Cl)c1)c1ccc(Nc2ccnc3[nH]c(=O)ccc23)cc1. The molecule has 0 spiro atoms. The van der Waals surface area contributed by atoms with Gasteiger partial charge in [-0.1, -0.05) is 23.2 Å². The number of hydrogen-bond donors (Lipinski definition) is 3. The highest BCUT2D eigenvalue weighted by atomic mass is 35.5. The van der Waals surface area contributed by atoms with Crippen molar-refractivity contribution in [3.05, 3.63) is 92.8 Å². The number of benzene rings is 2. The number of aromatic amines is 1. The van der Waals surface area contributed by atoms with Crippen LogP contribution in [0, 0.1) is 0 Å². The summed E-state index contributed by atoms with van der Waals surface area (Å²) in [4.78, 5) is 30.8. The van der Waals surface area contributed by atoms with Gasteiger partial charge < -0.3 is 15.6 Å². The van der Waals surface area contributed by atoms with Crippen LogP contribution in [0.3, 0.4) is 0 Å². The summed E-state index contributed by atoms with van der Waals surface area (Å²) in [6.45, 7) is 0. The molecule has 2 aromatic heterocycles. The number of carbonyl (C=O) groups excluding carboxylic acids is 1. The van der Waals surface area contributed by atoms with Crippen molar-refractivity contribution in [2.24, 2.45) is 0 Å². The van der Waals surface area contributed by atoms with Crippen LogP contribution in [-0.2, 0) is 0 Å². The van der Waals surface area contributed by atoms with Gasteiger partial charge in [0.05, 0.1) is 15.7 Å². The van der Waals surface area contributed by atoms with E-state index in [1.807, 2.05) is 6.07 Å². The quantitative estimate of drug-likeness (QED) is 0.418. The molecule has 4 rings (SSSR count). The van der Waals surface area contributed by atoms with Crippen LogP contribution >= 0.6 is 23.2 Å². The first-order valence-corrected chi connectivity index (χ1v) is 9.37. The topological polar surface area (TPSA) is 86.9 Å². The molecule has 0 saturated carbocycles. The van der Waals surface area contributed by atoms with Crippen LogP contribution in [0.5, 0.6) is 0 Å². The molecule has 2 heterocycles. The van der Waals surface area contributed by atoms with Gasteiger partial charge in [0, 0.05) is 34.6 Å². The van der Waals surface area contributed by atoms with Gasteiger partial charge in [-0.05, 0) is 54.6 Å². The van der Waals surface area contributed by atoms with Gasteiger partial charge in [-0.3, -0.25) is 9.59 Å². The number of fused-ring (bicyclic) bond motifs is 1. The van der Waals surface area contributed by atoms with Gasteiger partial charge in [0.25, 0.3) is 5.91 Å². The molecule has 0 radical (unpaired) electrons. The molecule has 0 atom stereocenters. The summed E-state index contributed by atoms with van der Waals surface area (Å²) in [6.07, 6.45) is 1.61. The number of rotatable bonds is 4. The Balaban J connectivity index is 1.51. The Morgan fingerprint density at radius 3 is 2.41 bits per heavy atom. The van der Waals surface area contributed by atoms with E-state index in [1.54, 1.807) is 54.7 Å². The molecule has 0 saturated heterocycles. The fourth-order valence-electron chi connectivity index (χ4n) is 2.81. The van der Waals surface area contributed by atoms with Crippen LogP contribution in [0.25, 0.3) is 11.0 Å². The van der Waals surface area contributed by atoms with E-state index in [9.17, 15) is 9.59 Å². The Bertz CT molecular complexity index is 1270. The van der Waals surface area contributed by atoms with Crippen molar-refractivity contribution in [1.82, 2.24) is 9.97 Å². The third-order valence-corrected chi connectivity index (χ3v) is 4.98. The number of amides is 1. The van der Waals surface area contributed by atoms with E-state index >= 15 is 0 Å². The number of carbonyl (C=O) groups is 1. The minimum absolute atomic E-state index is 0.209. The first-order chi connectivity index (χ1) is 14.0. The Morgan fingerprint density at radius 2 is 1.66 bits per heavy atom. The second-order valence-electron chi connectivity index (χ2n) is 6.23. The van der Waals surface area contributed by atoms with Crippen molar-refractivity contribution >= 4 is 57.2 Å². The molecule has 1 amide bonds. The van der Waals surface area contributed by atoms with E-state index in [4.69, 9.17) is 23.2 Å². The number of nitrogens with zero attached hydrogens (tertiary/aromatic N) is 1. The molecule has 29 heavy (non-hydrogen) atoms. The van der Waals surface area contributed by atoms with Crippen molar-refractivity contribution in [1.29, 1.82) is 0 Å². The standard InChI is InChI=1S/C21H14Cl2N4O2/c22-16-7-5-14(11-17(16)23)26-21(29)12-1-3-13(4-2-12)25-18-9-10-24-20-15(18)6-8-19(28)27-20/h1-11H,(H,26,29)(H2,24,25,27,28). The molecule has 3 N–H and O–H groups in total. The zero-order valence-electron chi connectivity index (χ0n) is 14.9. The van der Waals surface area contributed by atoms with Gasteiger partial charge >= 0.3 is 0 Å². The smallest absolute Gasteiger partial charge is 0.255 e. The predicted molar refractivity (Wildman–Crippen MR) is 117 cm³/mol. The first kappa shape index (κ1) is 19.0. The fourth-order valence-corrected chi connectivity index (χ4v) is 3.10. The van der Waals surface area contributed by atoms with Gasteiger partial charge in [-0.25, -0.2) is 4.98 Å². The van der Waals surface area contributed by atoms with E-state index in [1.165, 1.54) is 6.07 Å². The maximum atomic E-state index is 12.4. The third-order valence-electron chi connectivity index (χ3n) is 4.24. The highest BCUT2D eigenvalue weighted by Gasteiger charge is 2.08. The normalized spacial score (nSPS) is 10.7. The van der Waals surface area contributed by atoms with Gasteiger partial charge in [0.15, 0.2) is 0 Å². The molecule has 0 aliphatic heterocycles. The highest BCUT2D eigenvalue weighted by Crippen LogP contribution is 2.26. The summed E-state index contributed by atoms with van der Waals surface area (Å²) >= 11 is 11.9. The fraction of sp³-hybridized carbons (Fsp3) is 0. The summed E-state index contributed by atoms with van der Waals surface area (Å²) in [7, 11) is 0. The van der Waals surface area contributed by atoms with Crippen LogP contribution in [0.15, 0.2) is 71.7 Å². The predicted octanol–water partition coefficient (Wildman–Crippen LogP) is 5.23. The van der Waals surface area contributed by atoms with Crippen LogP contribution in [0.4, 0.5) is 17.1 Å². The van der Waals surface area contributed by atoms with Gasteiger partial charge in [0.2, 0.25) is 5.56 Å². The van der Waals surface area contributed by atoms with Crippen molar-refractivity contribution in [3.63, 3.8) is 0 Å². The number of nitrogens with one attached hydrogen (secondary N) is 3. The monoisotopic (exact) mass is 424 g/mol. The average Bonchev–Trinajstić information content (AvgIpc) is 2.71. The molecule has 0 aliphatic rings. The Morgan fingerprint density at radius 1 is 0.897 bits per heavy atom. The van der Waals surface area contributed by atoms with Crippen LogP contribution in [0.1, 0.15) is 10.4 Å². The van der Waals surface area contributed by atoms with Crippen LogP contribution in [0.2, 0.25) is 10.0 Å². The van der Waals surface area contributed by atoms with E-state index in [0.29, 0.717) is 26.9 Å². The lowest BCUT2D eigenvalue weighted by Gasteiger charge is -2.10. The lowest BCUT2D eigenvalue weighted by Crippen LogP contribution is -2.11. The molecule has 4 aromatic rings. The number of pyridine rings is 2. The van der Waals surface area contributed by atoms with Crippen molar-refractivity contribution in [2.45, 2.75) is 0 Å². The number of anilines is 3. The largest absolute Gasteiger partial charge is 0.355 e. The maximum absolute atomic E-state index is 12.4. The number of H-pyrrole nitrogens is 1. The van der Waals surface area contributed by atoms with E-state index < -0.39 is 0 Å². The molecule has 0 fully saturated rings. The number of halogens is 2. The molecule has 2 aromatic carbocycles. The second kappa shape index (κ2) is 7.95. The highest BCUT2D eigenvalue weighted by molar-refractivity contribution is 6.42. The Kier molecular flexibility index (Phi) is 5.20. The summed E-state index contributed by atoms with van der Waals surface area (Å²) in [5.41, 5.74) is 2.92. The summed E-state index contributed by atoms with van der Waals surface area (Å²) in [5.74, 6) is -0.262. The lowest BCUT2D eigenvalue weighted by atomic mass is 10.1. The molecule has 0 unspecified atom stereocenters. The average molecular weight is 425 g/mol. The zero-order chi connectivity index (χ0) is 20.4. The number of aromatic nitrogens is 2. The minimum atomic E-state index is -0.262. The molecular formula is C21H14Cl2N4O2. The molecule has 6 nitrogen and oxygen atoms in total. The van der Waals surface area contributed by atoms with E-state index in [2.05, 4.69) is 20.6 Å². The van der Waals surface area contributed by atoms with E-state index in [-0.39, 0.29) is 11.5 Å².